The summed E-state index contributed by atoms with van der Waals surface area (Å²) in [6.07, 6.45) is 4.61. The van der Waals surface area contributed by atoms with Crippen molar-refractivity contribution in [3.63, 3.8) is 0 Å². The fourth-order valence-electron chi connectivity index (χ4n) is 5.01. The quantitative estimate of drug-likeness (QED) is 0.313. The number of aliphatic hydroxyl groups excluding tert-OH is 1. The minimum atomic E-state index is -3.61. The first-order valence-corrected chi connectivity index (χ1v) is 16.7. The molecule has 0 fully saturated rings. The number of sulfonamides is 1. The van der Waals surface area contributed by atoms with Crippen LogP contribution >= 0.6 is 0 Å². The first-order chi connectivity index (χ1) is 21.9. The summed E-state index contributed by atoms with van der Waals surface area (Å²) in [4.78, 5) is 26.6. The average Bonchev–Trinajstić information content (AvgIpc) is 3.02. The van der Waals surface area contributed by atoms with Crippen molar-refractivity contribution >= 4 is 33.2 Å². The predicted octanol–water partition coefficient (Wildman–Crippen LogP) is 3.99. The molecular formula is C34H40FN3O7S. The number of fused-ring (bicyclic) bond motifs is 4. The highest BCUT2D eigenvalue weighted by Crippen LogP contribution is 2.22. The van der Waals surface area contributed by atoms with Crippen LogP contribution in [0.15, 0.2) is 78.9 Å². The molecule has 0 unspecified atom stereocenters. The fourth-order valence-corrected chi connectivity index (χ4v) is 5.50. The van der Waals surface area contributed by atoms with E-state index < -0.39 is 45.9 Å². The molecule has 10 nitrogen and oxygen atoms in total. The van der Waals surface area contributed by atoms with Gasteiger partial charge in [0.2, 0.25) is 10.0 Å². The molecule has 46 heavy (non-hydrogen) atoms. The van der Waals surface area contributed by atoms with Gasteiger partial charge < -0.3 is 25.2 Å². The number of benzene rings is 3. The molecule has 1 aliphatic rings. The van der Waals surface area contributed by atoms with Crippen LogP contribution < -0.4 is 14.9 Å². The number of allylic oxidation sites excluding steroid dienone is 2. The molecule has 1 aliphatic heterocycles. The summed E-state index contributed by atoms with van der Waals surface area (Å²) in [5, 5.41) is 16.8. The zero-order valence-corrected chi connectivity index (χ0v) is 26.9. The number of aliphatic hydroxyl groups is 1. The second-order valence-electron chi connectivity index (χ2n) is 11.3. The monoisotopic (exact) mass is 653 g/mol. The maximum atomic E-state index is 13.7. The summed E-state index contributed by atoms with van der Waals surface area (Å²) < 4.78 is 50.4. The molecule has 3 aromatic carbocycles. The third-order valence-corrected chi connectivity index (χ3v) is 8.91. The van der Waals surface area contributed by atoms with Crippen molar-refractivity contribution in [2.24, 2.45) is 0 Å². The molecule has 0 aromatic heterocycles. The van der Waals surface area contributed by atoms with E-state index in [1.165, 1.54) is 44.5 Å². The topological polar surface area (TPSA) is 134 Å². The minimum absolute atomic E-state index is 0.0928. The molecule has 12 heteroatoms. The summed E-state index contributed by atoms with van der Waals surface area (Å²) in [5.41, 5.74) is 3.66. The second-order valence-corrected chi connectivity index (χ2v) is 13.3. The molecule has 3 atom stereocenters. The number of methoxy groups -OCH3 is 1. The summed E-state index contributed by atoms with van der Waals surface area (Å²) in [6.45, 7) is 0.130. The molecule has 2 amide bonds. The van der Waals surface area contributed by atoms with Gasteiger partial charge in [-0.15, -0.1) is 0 Å². The van der Waals surface area contributed by atoms with Crippen molar-refractivity contribution in [1.82, 2.24) is 5.32 Å². The van der Waals surface area contributed by atoms with Crippen molar-refractivity contribution < 1.29 is 37.0 Å². The van der Waals surface area contributed by atoms with Crippen molar-refractivity contribution in [1.29, 1.82) is 0 Å². The van der Waals surface area contributed by atoms with Gasteiger partial charge in [0.25, 0.3) is 11.8 Å². The number of rotatable bonds is 8. The lowest BCUT2D eigenvalue weighted by Crippen LogP contribution is -2.48. The molecule has 1 heterocycles. The van der Waals surface area contributed by atoms with Gasteiger partial charge >= 0.3 is 0 Å². The van der Waals surface area contributed by atoms with Gasteiger partial charge in [-0.1, -0.05) is 36.4 Å². The third-order valence-electron chi connectivity index (χ3n) is 7.70. The maximum Gasteiger partial charge on any atom is 0.253 e. The van der Waals surface area contributed by atoms with Crippen molar-refractivity contribution in [2.75, 3.05) is 36.6 Å². The number of hydrogen-bond donors (Lipinski definition) is 3. The van der Waals surface area contributed by atoms with Crippen LogP contribution in [0.1, 0.15) is 39.9 Å². The van der Waals surface area contributed by atoms with Crippen LogP contribution in [0.25, 0.3) is 0 Å². The normalized spacial score (nSPS) is 18.0. The number of ether oxygens (including phenoxy) is 2. The van der Waals surface area contributed by atoms with Crippen LogP contribution in [0.4, 0.5) is 15.8 Å². The number of nitrogens with one attached hydrogen (secondary N) is 2. The number of halogens is 1. The molecule has 0 saturated heterocycles. The van der Waals surface area contributed by atoms with Gasteiger partial charge in [0.15, 0.2) is 0 Å². The van der Waals surface area contributed by atoms with E-state index in [-0.39, 0.29) is 25.2 Å². The molecule has 246 valence electrons. The lowest BCUT2D eigenvalue weighted by molar-refractivity contribution is -0.128. The Morgan fingerprint density at radius 2 is 1.85 bits per heavy atom. The van der Waals surface area contributed by atoms with E-state index in [4.69, 9.17) is 9.47 Å². The Kier molecular flexibility index (Phi) is 12.1. The van der Waals surface area contributed by atoms with Gasteiger partial charge in [-0.2, -0.15) is 0 Å². The molecule has 4 bridgehead atoms. The van der Waals surface area contributed by atoms with Gasteiger partial charge in [0.05, 0.1) is 37.3 Å². The average molecular weight is 654 g/mol. The van der Waals surface area contributed by atoms with Gasteiger partial charge in [0.1, 0.15) is 11.9 Å². The maximum absolute atomic E-state index is 13.7. The number of anilines is 2. The Balaban J connectivity index is 1.61. The van der Waals surface area contributed by atoms with Crippen LogP contribution in [-0.4, -0.2) is 70.6 Å². The standard InChI is InChI=1S/C34H40FN3O7S/c1-38(46(3,42)43)29-18-24-9-6-4-5-8-23-10-7-11-25(16-23)21-45-22-30(37-33(40)26(17-24)19-29)31(39)20-32(44-2)34(41)36-28-14-12-27(35)13-15-28/h4,6-7,10-19,30-32,39H,5,8-9,20-22H2,1-3H3,(H,36,41)(H,37,40)/b6-4-/t30-,31-,32+/m0/s1. The number of carbonyl (C=O) groups excluding carboxylic acids is 2. The van der Waals surface area contributed by atoms with Gasteiger partial charge in [0, 0.05) is 31.8 Å². The molecule has 3 N–H and O–H groups in total. The van der Waals surface area contributed by atoms with E-state index in [1.54, 1.807) is 12.1 Å². The molecule has 0 saturated carbocycles. The smallest absolute Gasteiger partial charge is 0.253 e. The summed E-state index contributed by atoms with van der Waals surface area (Å²) >= 11 is 0. The van der Waals surface area contributed by atoms with Crippen LogP contribution in [0.3, 0.4) is 0 Å². The Hall–Kier alpha value is -4.10. The van der Waals surface area contributed by atoms with Crippen molar-refractivity contribution in [3.05, 3.63) is 107 Å². The Bertz CT molecular complexity index is 1650. The molecule has 0 radical (unpaired) electrons. The Morgan fingerprint density at radius 1 is 1.11 bits per heavy atom. The number of aryl methyl sites for hydroxylation is 1. The highest BCUT2D eigenvalue weighted by atomic mass is 32.2. The molecule has 0 spiro atoms. The first kappa shape index (κ1) is 34.8. The van der Waals surface area contributed by atoms with E-state index in [9.17, 15) is 27.5 Å². The van der Waals surface area contributed by atoms with Crippen molar-refractivity contribution in [2.45, 2.75) is 50.5 Å². The largest absolute Gasteiger partial charge is 0.391 e. The summed E-state index contributed by atoms with van der Waals surface area (Å²) in [5.74, 6) is -1.57. The van der Waals surface area contributed by atoms with Gasteiger partial charge in [-0.3, -0.25) is 13.9 Å². The van der Waals surface area contributed by atoms with Crippen LogP contribution in [-0.2, 0) is 43.7 Å². The number of hydrogen-bond acceptors (Lipinski definition) is 7. The van der Waals surface area contributed by atoms with Crippen LogP contribution in [0, 0.1) is 5.82 Å². The molecule has 3 aromatic rings. The molecule has 0 aliphatic carbocycles. The number of amides is 2. The number of carbonyl (C=O) groups is 2. The van der Waals surface area contributed by atoms with E-state index in [0.717, 1.165) is 40.1 Å². The zero-order chi connectivity index (χ0) is 33.3. The lowest BCUT2D eigenvalue weighted by Gasteiger charge is -2.27. The summed E-state index contributed by atoms with van der Waals surface area (Å²) in [6, 6.07) is 17.1. The lowest BCUT2D eigenvalue weighted by atomic mass is 10.0. The Labute approximate surface area is 269 Å². The van der Waals surface area contributed by atoms with E-state index in [2.05, 4.69) is 16.7 Å². The second kappa shape index (κ2) is 15.9. The Morgan fingerprint density at radius 3 is 2.57 bits per heavy atom. The minimum Gasteiger partial charge on any atom is -0.391 e. The van der Waals surface area contributed by atoms with Gasteiger partial charge in [-0.25, -0.2) is 12.8 Å². The van der Waals surface area contributed by atoms with Crippen LogP contribution in [0.5, 0.6) is 0 Å². The van der Waals surface area contributed by atoms with Crippen molar-refractivity contribution in [3.8, 4) is 0 Å². The molecular weight excluding hydrogens is 613 g/mol. The zero-order valence-electron chi connectivity index (χ0n) is 26.1. The highest BCUT2D eigenvalue weighted by molar-refractivity contribution is 7.92. The fraction of sp³-hybridized carbons (Fsp3) is 0.353. The first-order valence-electron chi connectivity index (χ1n) is 14.9. The van der Waals surface area contributed by atoms with E-state index >= 15 is 0 Å². The van der Waals surface area contributed by atoms with E-state index in [0.29, 0.717) is 17.8 Å². The SMILES string of the molecule is CO[C@H](C[C@H](O)[C@@H]1COCc2cccc(c2)CC/C=C\Cc2cc(cc(N(C)S(C)(=O)=O)c2)C(=O)N1)C(=O)Nc1ccc(F)cc1. The highest BCUT2D eigenvalue weighted by Gasteiger charge is 2.29. The van der Waals surface area contributed by atoms with Gasteiger partial charge in [-0.05, 0) is 78.4 Å². The summed E-state index contributed by atoms with van der Waals surface area (Å²) in [7, 11) is -0.873. The predicted molar refractivity (Wildman–Crippen MR) is 175 cm³/mol. The molecule has 4 rings (SSSR count). The third kappa shape index (κ3) is 9.95. The number of nitrogens with zero attached hydrogens (tertiary/aromatic N) is 1. The van der Waals surface area contributed by atoms with E-state index in [1.807, 2.05) is 30.3 Å². The van der Waals surface area contributed by atoms with Crippen LogP contribution in [0.2, 0.25) is 0 Å².